The summed E-state index contributed by atoms with van der Waals surface area (Å²) in [5.74, 6) is 1.51. The van der Waals surface area contributed by atoms with E-state index in [0.29, 0.717) is 24.6 Å². The van der Waals surface area contributed by atoms with Crippen LogP contribution in [-0.2, 0) is 19.1 Å². The van der Waals surface area contributed by atoms with E-state index >= 15 is 0 Å². The fourth-order valence-electron chi connectivity index (χ4n) is 8.32. The molecule has 16 heteroatoms. The van der Waals surface area contributed by atoms with Crippen molar-refractivity contribution < 1.29 is 28.7 Å². The second kappa shape index (κ2) is 14.5. The Balaban J connectivity index is 0.905. The van der Waals surface area contributed by atoms with Crippen molar-refractivity contribution in [2.45, 2.75) is 75.5 Å². The highest BCUT2D eigenvalue weighted by Gasteiger charge is 2.44. The Hall–Kier alpha value is -6.06. The summed E-state index contributed by atoms with van der Waals surface area (Å²) >= 11 is 0. The molecule has 56 heavy (non-hydrogen) atoms. The number of aromatic amines is 2. The first-order valence-electron chi connectivity index (χ1n) is 19.4. The molecule has 0 spiro atoms. The van der Waals surface area contributed by atoms with Crippen molar-refractivity contribution in [1.82, 2.24) is 50.6 Å². The van der Waals surface area contributed by atoms with Crippen LogP contribution < -0.4 is 10.6 Å². The summed E-state index contributed by atoms with van der Waals surface area (Å²) in [6, 6.07) is 12.3. The van der Waals surface area contributed by atoms with Crippen LogP contribution in [0.5, 0.6) is 0 Å². The van der Waals surface area contributed by atoms with E-state index in [1.807, 2.05) is 52.3 Å². The van der Waals surface area contributed by atoms with Crippen LogP contribution in [0, 0.1) is 11.8 Å². The molecule has 4 fully saturated rings. The van der Waals surface area contributed by atoms with E-state index in [-0.39, 0.29) is 35.7 Å². The average Bonchev–Trinajstić information content (AvgIpc) is 3.97. The molecule has 2 aliphatic carbocycles. The Kier molecular flexibility index (Phi) is 9.25. The molecule has 4 amide bonds. The number of alkyl carbamates (subject to hydrolysis) is 2. The van der Waals surface area contributed by atoms with Gasteiger partial charge in [0.2, 0.25) is 11.8 Å². The van der Waals surface area contributed by atoms with E-state index in [4.69, 9.17) is 14.5 Å². The minimum absolute atomic E-state index is 0.0928. The molecule has 2 saturated heterocycles. The molecule has 5 aromatic rings. The van der Waals surface area contributed by atoms with Gasteiger partial charge in [-0.3, -0.25) is 9.59 Å². The lowest BCUT2D eigenvalue weighted by Crippen LogP contribution is -2.49. The molecule has 4 unspecified atom stereocenters. The summed E-state index contributed by atoms with van der Waals surface area (Å²) in [5.41, 5.74) is 5.64. The Labute approximate surface area is 322 Å². The summed E-state index contributed by atoms with van der Waals surface area (Å²) in [4.78, 5) is 71.4. The summed E-state index contributed by atoms with van der Waals surface area (Å²) in [7, 11) is 2.61. The smallest absolute Gasteiger partial charge is 0.407 e. The molecular weight excluding hydrogens is 717 g/mol. The van der Waals surface area contributed by atoms with Crippen molar-refractivity contribution >= 4 is 45.9 Å². The van der Waals surface area contributed by atoms with Crippen molar-refractivity contribution in [3.8, 4) is 22.5 Å². The number of fused-ring (bicyclic) bond motifs is 2. The van der Waals surface area contributed by atoms with Gasteiger partial charge in [0, 0.05) is 29.6 Å². The van der Waals surface area contributed by atoms with Gasteiger partial charge in [-0.2, -0.15) is 0 Å². The van der Waals surface area contributed by atoms with Gasteiger partial charge in [-0.25, -0.2) is 19.6 Å². The molecule has 0 radical (unpaired) electrons. The number of ether oxygens (including phenoxy) is 2. The van der Waals surface area contributed by atoms with Crippen molar-refractivity contribution in [3.63, 3.8) is 0 Å². The molecule has 16 nitrogen and oxygen atoms in total. The van der Waals surface area contributed by atoms with Crippen molar-refractivity contribution in [3.05, 3.63) is 60.3 Å². The molecule has 4 atom stereocenters. The number of likely N-dealkylation sites (tertiary alicyclic amines) is 2. The van der Waals surface area contributed by atoms with Crippen LogP contribution in [0.2, 0.25) is 0 Å². The number of methoxy groups -OCH3 is 2. The standard InChI is InChI=1S/C40H44N10O6/c1-55-39(53)45-33(21-7-8-21)37(51)49-15-3-5-31(49)35-41-20-30(44-35)25-12-11-23-17-27(47-48-28(23)18-25)24-13-14-26-29(19-24)43-36(42-26)32-6-4-16-50(32)38(52)34(22-9-10-22)46-40(54)56-2/h11-14,17-22,31-34H,3-10,15-16H2,1-2H3,(H,41,44)(H,42,43)(H,45,53)(H,46,54). The highest BCUT2D eigenvalue weighted by molar-refractivity contribution is 5.89. The minimum Gasteiger partial charge on any atom is -0.453 e. The van der Waals surface area contributed by atoms with Gasteiger partial charge in [-0.1, -0.05) is 18.2 Å². The molecule has 2 aromatic carbocycles. The first kappa shape index (κ1) is 35.6. The Morgan fingerprint density at radius 1 is 0.714 bits per heavy atom. The van der Waals surface area contributed by atoms with Crippen LogP contribution in [0.25, 0.3) is 44.5 Å². The third kappa shape index (κ3) is 6.88. The average molecular weight is 761 g/mol. The first-order valence-corrected chi connectivity index (χ1v) is 19.4. The van der Waals surface area contributed by atoms with E-state index in [0.717, 1.165) is 95.9 Å². The van der Waals surface area contributed by atoms with Crippen LogP contribution in [0.3, 0.4) is 0 Å². The van der Waals surface area contributed by atoms with E-state index in [9.17, 15) is 19.2 Å². The Morgan fingerprint density at radius 3 is 1.96 bits per heavy atom. The summed E-state index contributed by atoms with van der Waals surface area (Å²) in [5, 5.41) is 15.6. The molecule has 9 rings (SSSR count). The summed E-state index contributed by atoms with van der Waals surface area (Å²) in [6.07, 6.45) is 7.47. The maximum absolute atomic E-state index is 13.7. The maximum Gasteiger partial charge on any atom is 0.407 e. The van der Waals surface area contributed by atoms with Crippen LogP contribution in [-0.4, -0.2) is 103 Å². The lowest BCUT2D eigenvalue weighted by atomic mass is 10.1. The highest BCUT2D eigenvalue weighted by atomic mass is 16.5. The third-order valence-corrected chi connectivity index (χ3v) is 11.6. The fourth-order valence-corrected chi connectivity index (χ4v) is 8.32. The number of imidazole rings is 2. The molecular formula is C40H44N10O6. The largest absolute Gasteiger partial charge is 0.453 e. The summed E-state index contributed by atoms with van der Waals surface area (Å²) in [6.45, 7) is 1.21. The Bertz CT molecular complexity index is 2330. The molecule has 4 aliphatic rings. The van der Waals surface area contributed by atoms with Crippen LogP contribution in [0.15, 0.2) is 48.7 Å². The van der Waals surface area contributed by atoms with E-state index in [1.165, 1.54) is 14.2 Å². The fraction of sp³-hybridized carbons (Fsp3) is 0.450. The minimum atomic E-state index is -0.595. The van der Waals surface area contributed by atoms with Crippen molar-refractivity contribution in [2.24, 2.45) is 11.8 Å². The van der Waals surface area contributed by atoms with Gasteiger partial charge in [-0.15, -0.1) is 10.2 Å². The van der Waals surface area contributed by atoms with Gasteiger partial charge in [0.05, 0.1) is 60.4 Å². The molecule has 4 N–H and O–H groups in total. The van der Waals surface area contributed by atoms with Crippen LogP contribution in [0.4, 0.5) is 9.59 Å². The third-order valence-electron chi connectivity index (χ3n) is 11.6. The number of benzene rings is 2. The zero-order valence-electron chi connectivity index (χ0n) is 31.3. The number of H-pyrrole nitrogens is 2. The number of nitrogens with one attached hydrogen (secondary N) is 4. The van der Waals surface area contributed by atoms with E-state index in [2.05, 4.69) is 35.8 Å². The van der Waals surface area contributed by atoms with E-state index in [1.54, 1.807) is 6.20 Å². The number of nitrogens with zero attached hydrogens (tertiary/aromatic N) is 6. The molecule has 2 aliphatic heterocycles. The predicted octanol–water partition coefficient (Wildman–Crippen LogP) is 5.16. The van der Waals surface area contributed by atoms with Crippen LogP contribution >= 0.6 is 0 Å². The molecule has 5 heterocycles. The van der Waals surface area contributed by atoms with Gasteiger partial charge in [-0.05, 0) is 87.5 Å². The highest BCUT2D eigenvalue weighted by Crippen LogP contribution is 2.39. The van der Waals surface area contributed by atoms with Gasteiger partial charge in [0.25, 0.3) is 0 Å². The van der Waals surface area contributed by atoms with Gasteiger partial charge in [0.1, 0.15) is 23.7 Å². The first-order chi connectivity index (χ1) is 27.3. The quantitative estimate of drug-likeness (QED) is 0.147. The number of carbonyl (C=O) groups excluding carboxylic acids is 4. The normalized spacial score (nSPS) is 20.6. The lowest BCUT2D eigenvalue weighted by Gasteiger charge is -2.28. The second-order valence-corrected chi connectivity index (χ2v) is 15.3. The number of aromatic nitrogens is 6. The zero-order valence-corrected chi connectivity index (χ0v) is 31.3. The lowest BCUT2D eigenvalue weighted by molar-refractivity contribution is -0.135. The van der Waals surface area contributed by atoms with E-state index < -0.39 is 24.3 Å². The number of rotatable bonds is 10. The monoisotopic (exact) mass is 760 g/mol. The van der Waals surface area contributed by atoms with Crippen molar-refractivity contribution in [2.75, 3.05) is 27.3 Å². The van der Waals surface area contributed by atoms with Gasteiger partial charge >= 0.3 is 12.2 Å². The number of hydrogen-bond acceptors (Lipinski definition) is 10. The van der Waals surface area contributed by atoms with Gasteiger partial charge in [0.15, 0.2) is 0 Å². The zero-order chi connectivity index (χ0) is 38.5. The topological polar surface area (TPSA) is 200 Å². The number of hydrogen-bond donors (Lipinski definition) is 4. The van der Waals surface area contributed by atoms with Crippen molar-refractivity contribution in [1.29, 1.82) is 0 Å². The SMILES string of the molecule is COC(=O)NC(C(=O)N1CCCC1c1ncc(-c2ccc3cc(-c4ccc5nc(C6CCCN6C(=O)C(NC(=O)OC)C6CC6)[nH]c5c4)nnc3c2)[nH]1)C1CC1. The number of amides is 4. The molecule has 3 aromatic heterocycles. The molecule has 2 saturated carbocycles. The predicted molar refractivity (Wildman–Crippen MR) is 204 cm³/mol. The summed E-state index contributed by atoms with van der Waals surface area (Å²) < 4.78 is 9.58. The van der Waals surface area contributed by atoms with Crippen LogP contribution in [0.1, 0.15) is 75.1 Å². The Morgan fingerprint density at radius 2 is 1.34 bits per heavy atom. The molecule has 0 bridgehead atoms. The number of carbonyl (C=O) groups is 4. The van der Waals surface area contributed by atoms with Gasteiger partial charge < -0.3 is 39.9 Å². The maximum atomic E-state index is 13.7. The molecule has 290 valence electrons. The second-order valence-electron chi connectivity index (χ2n) is 15.3.